The number of ether oxygens (including phenoxy) is 2. The van der Waals surface area contributed by atoms with Crippen molar-refractivity contribution in [3.05, 3.63) is 70.2 Å². The van der Waals surface area contributed by atoms with Gasteiger partial charge in [0.15, 0.2) is 0 Å². The molecule has 2 saturated heterocycles. The second-order valence-corrected chi connectivity index (χ2v) is 12.3. The predicted octanol–water partition coefficient (Wildman–Crippen LogP) is 6.30. The number of halogens is 1. The normalized spacial score (nSPS) is 22.1. The summed E-state index contributed by atoms with van der Waals surface area (Å²) in [6.07, 6.45) is 0.700. The molecule has 0 saturated carbocycles. The molecule has 2 aliphatic heterocycles. The lowest BCUT2D eigenvalue weighted by Crippen LogP contribution is -2.54. The number of amides is 3. The van der Waals surface area contributed by atoms with Crippen LogP contribution in [0.15, 0.2) is 59.1 Å². The first-order chi connectivity index (χ1) is 17.4. The Labute approximate surface area is 227 Å². The fourth-order valence-electron chi connectivity index (χ4n) is 5.33. The van der Waals surface area contributed by atoms with Crippen molar-refractivity contribution in [2.75, 3.05) is 6.61 Å². The molecule has 4 rings (SSSR count). The number of hydrogen-bond acceptors (Lipinski definition) is 5. The van der Waals surface area contributed by atoms with Gasteiger partial charge in [0.25, 0.3) is 0 Å². The molecule has 0 N–H and O–H groups in total. The molecule has 7 nitrogen and oxygen atoms in total. The first kappa shape index (κ1) is 27.2. The van der Waals surface area contributed by atoms with Crippen LogP contribution in [-0.4, -0.2) is 57.7 Å². The summed E-state index contributed by atoms with van der Waals surface area (Å²) < 4.78 is 12.0. The van der Waals surface area contributed by atoms with Crippen LogP contribution in [0.1, 0.15) is 64.5 Å². The molecule has 2 heterocycles. The van der Waals surface area contributed by atoms with Gasteiger partial charge in [-0.15, -0.1) is 0 Å². The van der Waals surface area contributed by atoms with E-state index in [1.54, 1.807) is 4.90 Å². The molecule has 0 spiro atoms. The van der Waals surface area contributed by atoms with Crippen LogP contribution in [0.4, 0.5) is 9.59 Å². The summed E-state index contributed by atoms with van der Waals surface area (Å²) >= 11 is 3.47. The molecule has 3 amide bonds. The fraction of sp³-hybridized carbons (Fsp3) is 0.483. The van der Waals surface area contributed by atoms with Crippen LogP contribution in [0.25, 0.3) is 0 Å². The van der Waals surface area contributed by atoms with Gasteiger partial charge in [-0.2, -0.15) is 0 Å². The third kappa shape index (κ3) is 6.00. The first-order valence-corrected chi connectivity index (χ1v) is 13.5. The number of cyclic esters (lactones) is 1. The van der Waals surface area contributed by atoms with Crippen molar-refractivity contribution in [1.82, 2.24) is 9.80 Å². The molecule has 2 aliphatic rings. The molecule has 2 aromatic carbocycles. The number of carbonyl (C=O) groups is 3. The topological polar surface area (TPSA) is 76.2 Å². The van der Waals surface area contributed by atoms with Gasteiger partial charge in [-0.1, -0.05) is 58.4 Å². The smallest absolute Gasteiger partial charge is 0.417 e. The maximum absolute atomic E-state index is 14.3. The Bertz CT molecular complexity index is 1140. The lowest BCUT2D eigenvalue weighted by atomic mass is 9.88. The molecule has 1 unspecified atom stereocenters. The summed E-state index contributed by atoms with van der Waals surface area (Å²) in [5.74, 6) is -1.12. The van der Waals surface area contributed by atoms with E-state index >= 15 is 0 Å². The molecule has 37 heavy (non-hydrogen) atoms. The average molecular weight is 572 g/mol. The average Bonchev–Trinajstić information content (AvgIpc) is 3.33. The predicted molar refractivity (Wildman–Crippen MR) is 144 cm³/mol. The van der Waals surface area contributed by atoms with E-state index in [-0.39, 0.29) is 12.5 Å². The highest BCUT2D eigenvalue weighted by Gasteiger charge is 2.52. The number of hydrogen-bond donors (Lipinski definition) is 0. The van der Waals surface area contributed by atoms with Crippen LogP contribution in [0.3, 0.4) is 0 Å². The zero-order valence-electron chi connectivity index (χ0n) is 22.1. The Hall–Kier alpha value is -2.87. The van der Waals surface area contributed by atoms with Crippen LogP contribution in [0.2, 0.25) is 0 Å². The largest absolute Gasteiger partial charge is 0.447 e. The highest BCUT2D eigenvalue weighted by Crippen LogP contribution is 2.43. The van der Waals surface area contributed by atoms with Gasteiger partial charge in [-0.25, -0.2) is 14.5 Å². The summed E-state index contributed by atoms with van der Waals surface area (Å²) in [5, 5.41) is 0. The molecule has 0 radical (unpaired) electrons. The molecule has 8 heteroatoms. The third-order valence-corrected chi connectivity index (χ3v) is 7.55. The van der Waals surface area contributed by atoms with E-state index in [0.29, 0.717) is 19.3 Å². The summed E-state index contributed by atoms with van der Waals surface area (Å²) in [4.78, 5) is 43.7. The van der Waals surface area contributed by atoms with Crippen molar-refractivity contribution in [2.24, 2.45) is 0 Å². The van der Waals surface area contributed by atoms with E-state index < -0.39 is 41.3 Å². The second kappa shape index (κ2) is 10.5. The molecule has 2 fully saturated rings. The van der Waals surface area contributed by atoms with Crippen molar-refractivity contribution in [3.8, 4) is 0 Å². The van der Waals surface area contributed by atoms with Crippen molar-refractivity contribution in [1.29, 1.82) is 0 Å². The number of benzene rings is 2. The Balaban J connectivity index is 1.73. The lowest BCUT2D eigenvalue weighted by molar-refractivity contribution is -0.132. The van der Waals surface area contributed by atoms with Gasteiger partial charge in [-0.3, -0.25) is 9.69 Å². The summed E-state index contributed by atoms with van der Waals surface area (Å²) in [5.41, 5.74) is 0.552. The SMILES string of the molecule is CC(C)(C)OC(=O)N1C([C@H](C(=O)N2C(=O)OC[C@H]2Cc2ccccc2)c2ccc(Br)cc2)CCC1(C)C. The third-order valence-electron chi connectivity index (χ3n) is 7.02. The first-order valence-electron chi connectivity index (χ1n) is 12.7. The number of rotatable bonds is 5. The van der Waals surface area contributed by atoms with Crippen LogP contribution < -0.4 is 0 Å². The molecule has 0 aromatic heterocycles. The van der Waals surface area contributed by atoms with E-state index in [1.165, 1.54) is 4.90 Å². The Kier molecular flexibility index (Phi) is 7.70. The molecule has 0 bridgehead atoms. The molecular formula is C29H35BrN2O5. The Morgan fingerprint density at radius 3 is 2.38 bits per heavy atom. The zero-order valence-corrected chi connectivity index (χ0v) is 23.7. The van der Waals surface area contributed by atoms with E-state index in [9.17, 15) is 14.4 Å². The van der Waals surface area contributed by atoms with E-state index in [2.05, 4.69) is 15.9 Å². The molecule has 0 aliphatic carbocycles. The minimum atomic E-state index is -0.758. The standard InChI is InChI=1S/C29H35BrN2O5/c1-28(2,3)37-27(35)32-23(15-16-29(32,4)5)24(20-11-13-21(30)14-12-20)25(33)31-22(18-36-26(31)34)17-19-9-7-6-8-10-19/h6-14,22-24H,15-18H2,1-5H3/t22-,23?,24-/m1/s1. The maximum Gasteiger partial charge on any atom is 0.417 e. The quantitative estimate of drug-likeness (QED) is 0.421. The Morgan fingerprint density at radius 2 is 1.76 bits per heavy atom. The minimum Gasteiger partial charge on any atom is -0.447 e. The van der Waals surface area contributed by atoms with Crippen LogP contribution in [0, 0.1) is 0 Å². The maximum atomic E-state index is 14.3. The Morgan fingerprint density at radius 1 is 1.11 bits per heavy atom. The van der Waals surface area contributed by atoms with Crippen LogP contribution >= 0.6 is 15.9 Å². The summed E-state index contributed by atoms with van der Waals surface area (Å²) in [6, 6.07) is 16.3. The second-order valence-electron chi connectivity index (χ2n) is 11.4. The van der Waals surface area contributed by atoms with E-state index in [1.807, 2.05) is 89.2 Å². The van der Waals surface area contributed by atoms with Crippen molar-refractivity contribution in [3.63, 3.8) is 0 Å². The number of nitrogens with zero attached hydrogens (tertiary/aromatic N) is 2. The van der Waals surface area contributed by atoms with Crippen LogP contribution in [0.5, 0.6) is 0 Å². The van der Waals surface area contributed by atoms with Gasteiger partial charge in [-0.05, 0) is 77.1 Å². The molecule has 198 valence electrons. The minimum absolute atomic E-state index is 0.137. The summed E-state index contributed by atoms with van der Waals surface area (Å²) in [6.45, 7) is 9.60. The van der Waals surface area contributed by atoms with Gasteiger partial charge in [0.05, 0.1) is 18.0 Å². The number of carbonyl (C=O) groups excluding carboxylic acids is 3. The zero-order chi connectivity index (χ0) is 27.0. The highest BCUT2D eigenvalue weighted by molar-refractivity contribution is 9.10. The van der Waals surface area contributed by atoms with E-state index in [4.69, 9.17) is 9.47 Å². The van der Waals surface area contributed by atoms with Gasteiger partial charge in [0.2, 0.25) is 5.91 Å². The van der Waals surface area contributed by atoms with Gasteiger partial charge in [0, 0.05) is 10.0 Å². The summed E-state index contributed by atoms with van der Waals surface area (Å²) in [7, 11) is 0. The van der Waals surface area contributed by atoms with Crippen molar-refractivity contribution < 1.29 is 23.9 Å². The lowest BCUT2D eigenvalue weighted by Gasteiger charge is -2.40. The van der Waals surface area contributed by atoms with Gasteiger partial charge < -0.3 is 9.47 Å². The van der Waals surface area contributed by atoms with E-state index in [0.717, 1.165) is 15.6 Å². The molecular weight excluding hydrogens is 536 g/mol. The molecule has 3 atom stereocenters. The van der Waals surface area contributed by atoms with Gasteiger partial charge in [0.1, 0.15) is 12.2 Å². The highest BCUT2D eigenvalue weighted by atomic mass is 79.9. The monoisotopic (exact) mass is 570 g/mol. The van der Waals surface area contributed by atoms with Crippen molar-refractivity contribution in [2.45, 2.75) is 83.0 Å². The van der Waals surface area contributed by atoms with Crippen molar-refractivity contribution >= 4 is 34.0 Å². The molecule has 2 aromatic rings. The van der Waals surface area contributed by atoms with Crippen LogP contribution in [-0.2, 0) is 20.7 Å². The fourth-order valence-corrected chi connectivity index (χ4v) is 5.59. The number of likely N-dealkylation sites (tertiary alicyclic amines) is 1. The van der Waals surface area contributed by atoms with Gasteiger partial charge >= 0.3 is 12.2 Å². The number of imide groups is 1.